The van der Waals surface area contributed by atoms with E-state index in [1.807, 2.05) is 6.07 Å². The number of hydrogen-bond acceptors (Lipinski definition) is 6. The van der Waals surface area contributed by atoms with Gasteiger partial charge < -0.3 is 15.2 Å². The summed E-state index contributed by atoms with van der Waals surface area (Å²) in [7, 11) is -3.88. The largest absolute Gasteiger partial charge is 0.494 e. The number of benzene rings is 2. The fraction of sp³-hybridized carbons (Fsp3) is 0.308. The van der Waals surface area contributed by atoms with E-state index in [-0.39, 0.29) is 23.8 Å². The van der Waals surface area contributed by atoms with E-state index in [9.17, 15) is 23.1 Å². The van der Waals surface area contributed by atoms with Crippen LogP contribution < -0.4 is 10.1 Å². The maximum absolute atomic E-state index is 13.0. The average molecular weight is 529 g/mol. The van der Waals surface area contributed by atoms with Crippen LogP contribution in [0.1, 0.15) is 48.3 Å². The van der Waals surface area contributed by atoms with Crippen molar-refractivity contribution in [3.8, 4) is 16.2 Å². The van der Waals surface area contributed by atoms with E-state index in [1.54, 1.807) is 55.5 Å². The van der Waals surface area contributed by atoms with Crippen LogP contribution >= 0.6 is 11.3 Å². The molecule has 2 heterocycles. The highest BCUT2D eigenvalue weighted by Gasteiger charge is 2.43. The van der Waals surface area contributed by atoms with Gasteiger partial charge in [-0.3, -0.25) is 9.59 Å². The second-order valence-corrected chi connectivity index (χ2v) is 11.5. The second kappa shape index (κ2) is 10.8. The van der Waals surface area contributed by atoms with Crippen molar-refractivity contribution < 1.29 is 27.9 Å². The summed E-state index contributed by atoms with van der Waals surface area (Å²) in [6, 6.07) is 14.6. The van der Waals surface area contributed by atoms with Gasteiger partial charge >= 0.3 is 5.97 Å². The van der Waals surface area contributed by atoms with E-state index in [4.69, 9.17) is 4.74 Å². The summed E-state index contributed by atoms with van der Waals surface area (Å²) in [6.07, 6.45) is 2.20. The van der Waals surface area contributed by atoms with Crippen molar-refractivity contribution in [2.75, 3.05) is 11.9 Å². The number of hydrogen-bond donors (Lipinski definition) is 2. The van der Waals surface area contributed by atoms with Gasteiger partial charge in [-0.15, -0.1) is 11.3 Å². The molecule has 1 aliphatic rings. The van der Waals surface area contributed by atoms with Crippen molar-refractivity contribution >= 4 is 38.9 Å². The first kappa shape index (κ1) is 25.9. The Morgan fingerprint density at radius 3 is 2.53 bits per heavy atom. The number of sulfonamides is 1. The third-order valence-electron chi connectivity index (χ3n) is 5.96. The van der Waals surface area contributed by atoms with E-state index in [0.717, 1.165) is 33.3 Å². The number of ether oxygens (including phenoxy) is 1. The predicted molar refractivity (Wildman–Crippen MR) is 139 cm³/mol. The number of amides is 1. The quantitative estimate of drug-likeness (QED) is 0.349. The number of carbonyl (C=O) groups is 2. The zero-order valence-corrected chi connectivity index (χ0v) is 21.7. The molecule has 1 unspecified atom stereocenters. The van der Waals surface area contributed by atoms with Gasteiger partial charge in [-0.2, -0.15) is 4.31 Å². The molecule has 8 nitrogen and oxygen atoms in total. The lowest BCUT2D eigenvalue weighted by Crippen LogP contribution is -2.40. The summed E-state index contributed by atoms with van der Waals surface area (Å²) in [4.78, 5) is 25.7. The minimum Gasteiger partial charge on any atom is -0.494 e. The van der Waals surface area contributed by atoms with Gasteiger partial charge in [0.05, 0.1) is 18.0 Å². The first-order chi connectivity index (χ1) is 17.2. The number of carbonyl (C=O) groups excluding carboxylic acids is 1. The SMILES string of the molecule is CCCCOc1ccc(C(=O)Nc2cccc(-c3cc4c(s3)CN(C(CC)C(=O)O)S4(=O)=O)c2)cc1. The van der Waals surface area contributed by atoms with Gasteiger partial charge in [-0.1, -0.05) is 32.4 Å². The molecular formula is C26H28N2O6S2. The van der Waals surface area contributed by atoms with Crippen LogP contribution in [0, 0.1) is 0 Å². The molecule has 0 aliphatic carbocycles. The molecule has 0 saturated heterocycles. The van der Waals surface area contributed by atoms with E-state index in [0.29, 0.717) is 22.7 Å². The number of thiophene rings is 1. The van der Waals surface area contributed by atoms with Crippen LogP contribution in [0.5, 0.6) is 5.75 Å². The van der Waals surface area contributed by atoms with Gasteiger partial charge in [-0.25, -0.2) is 8.42 Å². The number of aliphatic carboxylic acids is 1. The van der Waals surface area contributed by atoms with Gasteiger partial charge in [0.1, 0.15) is 11.8 Å². The number of rotatable bonds is 10. The predicted octanol–water partition coefficient (Wildman–Crippen LogP) is 5.21. The molecule has 0 spiro atoms. The molecule has 190 valence electrons. The third kappa shape index (κ3) is 5.30. The minimum absolute atomic E-state index is 0.0434. The lowest BCUT2D eigenvalue weighted by Gasteiger charge is -2.21. The number of carboxylic acids is 1. The number of nitrogens with zero attached hydrogens (tertiary/aromatic N) is 1. The van der Waals surface area contributed by atoms with Crippen LogP contribution in [0.4, 0.5) is 5.69 Å². The summed E-state index contributed by atoms with van der Waals surface area (Å²) >= 11 is 1.31. The van der Waals surface area contributed by atoms with Crippen molar-refractivity contribution in [2.45, 2.75) is 50.6 Å². The summed E-state index contributed by atoms with van der Waals surface area (Å²) in [6.45, 7) is 4.43. The standard InChI is InChI=1S/C26H28N2O6S2/c1-3-5-13-34-20-11-9-17(10-12-20)25(29)27-19-8-6-7-18(14-19)22-15-24-23(35-22)16-28(36(24,32)33)21(4-2)26(30)31/h6-12,14-15,21H,3-5,13,16H2,1-2H3,(H,27,29)(H,30,31). The van der Waals surface area contributed by atoms with Crippen LogP contribution in [0.2, 0.25) is 0 Å². The van der Waals surface area contributed by atoms with Crippen LogP contribution in [-0.2, 0) is 21.4 Å². The molecule has 0 bridgehead atoms. The first-order valence-electron chi connectivity index (χ1n) is 11.8. The van der Waals surface area contributed by atoms with Crippen molar-refractivity contribution in [3.05, 3.63) is 65.0 Å². The Balaban J connectivity index is 1.48. The third-order valence-corrected chi connectivity index (χ3v) is 9.18. The van der Waals surface area contributed by atoms with Crippen LogP contribution in [0.25, 0.3) is 10.4 Å². The molecule has 0 saturated carbocycles. The Morgan fingerprint density at radius 2 is 1.89 bits per heavy atom. The molecule has 1 atom stereocenters. The summed E-state index contributed by atoms with van der Waals surface area (Å²) in [5.74, 6) is -0.702. The zero-order valence-electron chi connectivity index (χ0n) is 20.1. The zero-order chi connectivity index (χ0) is 25.9. The number of carboxylic acid groups (broad SMARTS) is 1. The smallest absolute Gasteiger partial charge is 0.322 e. The number of unbranched alkanes of at least 4 members (excludes halogenated alkanes) is 1. The van der Waals surface area contributed by atoms with Gasteiger partial charge in [0, 0.05) is 21.0 Å². The van der Waals surface area contributed by atoms with Crippen molar-refractivity contribution in [3.63, 3.8) is 0 Å². The normalized spacial score (nSPS) is 15.3. The molecule has 1 aromatic heterocycles. The van der Waals surface area contributed by atoms with Gasteiger partial charge in [0.15, 0.2) is 0 Å². The van der Waals surface area contributed by atoms with Gasteiger partial charge in [0.2, 0.25) is 10.0 Å². The fourth-order valence-corrected chi connectivity index (χ4v) is 7.40. The molecule has 36 heavy (non-hydrogen) atoms. The molecule has 4 rings (SSSR count). The fourth-order valence-electron chi connectivity index (χ4n) is 4.01. The number of nitrogens with one attached hydrogen (secondary N) is 1. The Morgan fingerprint density at radius 1 is 1.14 bits per heavy atom. The van der Waals surface area contributed by atoms with Crippen molar-refractivity contribution in [2.24, 2.45) is 0 Å². The summed E-state index contributed by atoms with van der Waals surface area (Å²) in [5.41, 5.74) is 1.84. The van der Waals surface area contributed by atoms with Crippen molar-refractivity contribution in [1.82, 2.24) is 4.31 Å². The Hall–Kier alpha value is -3.21. The lowest BCUT2D eigenvalue weighted by atomic mass is 10.1. The van der Waals surface area contributed by atoms with Crippen LogP contribution in [0.3, 0.4) is 0 Å². The Kier molecular flexibility index (Phi) is 7.77. The maximum atomic E-state index is 13.0. The van der Waals surface area contributed by atoms with Crippen LogP contribution in [0.15, 0.2) is 59.5 Å². The van der Waals surface area contributed by atoms with Gasteiger partial charge in [-0.05, 0) is 60.9 Å². The van der Waals surface area contributed by atoms with Crippen LogP contribution in [-0.4, -0.2) is 42.4 Å². The molecule has 3 aromatic rings. The summed E-state index contributed by atoms with van der Waals surface area (Å²) < 4.78 is 32.7. The maximum Gasteiger partial charge on any atom is 0.322 e. The first-order valence-corrected chi connectivity index (χ1v) is 14.0. The van der Waals surface area contributed by atoms with Crippen molar-refractivity contribution in [1.29, 1.82) is 0 Å². The van der Waals surface area contributed by atoms with E-state index >= 15 is 0 Å². The number of fused-ring (bicyclic) bond motifs is 1. The topological polar surface area (TPSA) is 113 Å². The molecule has 2 N–H and O–H groups in total. The van der Waals surface area contributed by atoms with E-state index in [2.05, 4.69) is 12.2 Å². The molecular weight excluding hydrogens is 500 g/mol. The summed E-state index contributed by atoms with van der Waals surface area (Å²) in [5, 5.41) is 12.3. The monoisotopic (exact) mass is 528 g/mol. The van der Waals surface area contributed by atoms with E-state index in [1.165, 1.54) is 11.3 Å². The molecule has 0 radical (unpaired) electrons. The highest BCUT2D eigenvalue weighted by Crippen LogP contribution is 2.42. The lowest BCUT2D eigenvalue weighted by molar-refractivity contribution is -0.141. The van der Waals surface area contributed by atoms with Gasteiger partial charge in [0.25, 0.3) is 5.91 Å². The van der Waals surface area contributed by atoms with E-state index < -0.39 is 22.0 Å². The average Bonchev–Trinajstić information content (AvgIpc) is 3.38. The second-order valence-electron chi connectivity index (χ2n) is 8.47. The molecule has 2 aromatic carbocycles. The molecule has 0 fully saturated rings. The minimum atomic E-state index is -3.88. The highest BCUT2D eigenvalue weighted by molar-refractivity contribution is 7.89. The molecule has 1 amide bonds. The Labute approximate surface area is 214 Å². The Bertz CT molecular complexity index is 1370. The molecule has 10 heteroatoms. The highest BCUT2D eigenvalue weighted by atomic mass is 32.2. The number of anilines is 1. The molecule has 1 aliphatic heterocycles.